The fourth-order valence-electron chi connectivity index (χ4n) is 3.98. The summed E-state index contributed by atoms with van der Waals surface area (Å²) in [4.78, 5) is 0. The second-order valence-corrected chi connectivity index (χ2v) is 7.22. The summed E-state index contributed by atoms with van der Waals surface area (Å²) in [5.41, 5.74) is 8.90. The van der Waals surface area contributed by atoms with Crippen LogP contribution >= 0.6 is 0 Å². The van der Waals surface area contributed by atoms with Gasteiger partial charge in [-0.15, -0.1) is 0 Å². The van der Waals surface area contributed by atoms with Gasteiger partial charge in [0.05, 0.1) is 0 Å². The van der Waals surface area contributed by atoms with Gasteiger partial charge in [0.2, 0.25) is 0 Å². The standard InChI is InChI=1S/C18H27NO/c1-12(2)14-6-8-18(9-7-14)11-16(19)15-10-13(3)4-5-17(15)20-18/h4-5,10,12,14,16H,6-9,11,19H2,1-3H3/t14?,16-,18?/m1/s1. The molecule has 2 heteroatoms. The fraction of sp³-hybridized carbons (Fsp3) is 0.667. The summed E-state index contributed by atoms with van der Waals surface area (Å²) in [5, 5.41) is 0. The van der Waals surface area contributed by atoms with Crippen molar-refractivity contribution >= 4 is 0 Å². The van der Waals surface area contributed by atoms with E-state index >= 15 is 0 Å². The molecule has 20 heavy (non-hydrogen) atoms. The third kappa shape index (κ3) is 2.46. The second kappa shape index (κ2) is 5.07. The van der Waals surface area contributed by atoms with Crippen LogP contribution in [0.3, 0.4) is 0 Å². The molecule has 2 aliphatic rings. The van der Waals surface area contributed by atoms with Crippen LogP contribution in [0.25, 0.3) is 0 Å². The molecule has 1 aliphatic carbocycles. The Hall–Kier alpha value is -1.02. The Bertz CT molecular complexity index is 486. The molecule has 1 fully saturated rings. The Labute approximate surface area is 122 Å². The van der Waals surface area contributed by atoms with Crippen LogP contribution < -0.4 is 10.5 Å². The first-order valence-electron chi connectivity index (χ1n) is 8.04. The summed E-state index contributed by atoms with van der Waals surface area (Å²) in [6.07, 6.45) is 5.87. The number of aryl methyl sites for hydroxylation is 1. The van der Waals surface area contributed by atoms with Crippen LogP contribution in [0.15, 0.2) is 18.2 Å². The lowest BCUT2D eigenvalue weighted by Gasteiger charge is -2.46. The molecule has 1 saturated carbocycles. The van der Waals surface area contributed by atoms with Gasteiger partial charge in [0, 0.05) is 18.0 Å². The highest BCUT2D eigenvalue weighted by Gasteiger charge is 2.42. The number of fused-ring (bicyclic) bond motifs is 1. The summed E-state index contributed by atoms with van der Waals surface area (Å²) >= 11 is 0. The van der Waals surface area contributed by atoms with Crippen LogP contribution in [0.2, 0.25) is 0 Å². The van der Waals surface area contributed by atoms with Crippen LogP contribution in [0.1, 0.15) is 63.1 Å². The Morgan fingerprint density at radius 2 is 1.95 bits per heavy atom. The quantitative estimate of drug-likeness (QED) is 0.825. The molecule has 3 rings (SSSR count). The van der Waals surface area contributed by atoms with Crippen molar-refractivity contribution in [2.75, 3.05) is 0 Å². The van der Waals surface area contributed by atoms with E-state index in [0.717, 1.165) is 36.8 Å². The summed E-state index contributed by atoms with van der Waals surface area (Å²) < 4.78 is 6.43. The zero-order chi connectivity index (χ0) is 14.3. The Morgan fingerprint density at radius 1 is 1.25 bits per heavy atom. The molecule has 1 aliphatic heterocycles. The molecule has 0 radical (unpaired) electrons. The van der Waals surface area contributed by atoms with Gasteiger partial charge in [-0.25, -0.2) is 0 Å². The van der Waals surface area contributed by atoms with Gasteiger partial charge in [-0.05, 0) is 50.5 Å². The molecule has 1 heterocycles. The second-order valence-electron chi connectivity index (χ2n) is 7.22. The molecule has 1 aromatic rings. The molecule has 0 bridgehead atoms. The van der Waals surface area contributed by atoms with Crippen molar-refractivity contribution < 1.29 is 4.74 Å². The zero-order valence-corrected chi connectivity index (χ0v) is 13.0. The molecule has 0 aromatic heterocycles. The van der Waals surface area contributed by atoms with Gasteiger partial charge in [0.1, 0.15) is 11.4 Å². The van der Waals surface area contributed by atoms with E-state index in [4.69, 9.17) is 10.5 Å². The highest BCUT2D eigenvalue weighted by molar-refractivity contribution is 5.41. The Kier molecular flexibility index (Phi) is 3.53. The lowest BCUT2D eigenvalue weighted by Crippen LogP contribution is -2.46. The fourth-order valence-corrected chi connectivity index (χ4v) is 3.98. The minimum Gasteiger partial charge on any atom is -0.487 e. The van der Waals surface area contributed by atoms with E-state index in [2.05, 4.69) is 39.0 Å². The minimum absolute atomic E-state index is 0.00701. The van der Waals surface area contributed by atoms with Gasteiger partial charge in [0.25, 0.3) is 0 Å². The third-order valence-electron chi connectivity index (χ3n) is 5.37. The average molecular weight is 273 g/mol. The first-order valence-corrected chi connectivity index (χ1v) is 8.04. The maximum atomic E-state index is 6.44. The first-order chi connectivity index (χ1) is 9.49. The number of benzene rings is 1. The largest absolute Gasteiger partial charge is 0.487 e. The van der Waals surface area contributed by atoms with Crippen molar-refractivity contribution in [1.29, 1.82) is 0 Å². The minimum atomic E-state index is 0.00701. The Morgan fingerprint density at radius 3 is 2.60 bits per heavy atom. The van der Waals surface area contributed by atoms with Crippen molar-refractivity contribution in [2.24, 2.45) is 17.6 Å². The molecule has 110 valence electrons. The molecule has 1 spiro atoms. The predicted molar refractivity (Wildman–Crippen MR) is 82.9 cm³/mol. The number of ether oxygens (including phenoxy) is 1. The molecule has 0 amide bonds. The maximum absolute atomic E-state index is 6.44. The average Bonchev–Trinajstić information content (AvgIpc) is 2.40. The first kappa shape index (κ1) is 13.9. The summed E-state index contributed by atoms with van der Waals surface area (Å²) in [5.74, 6) is 2.68. The van der Waals surface area contributed by atoms with Gasteiger partial charge in [0.15, 0.2) is 0 Å². The van der Waals surface area contributed by atoms with E-state index in [1.807, 2.05) is 0 Å². The lowest BCUT2D eigenvalue weighted by atomic mass is 9.71. The highest BCUT2D eigenvalue weighted by Crippen LogP contribution is 2.47. The van der Waals surface area contributed by atoms with Crippen molar-refractivity contribution in [1.82, 2.24) is 0 Å². The number of rotatable bonds is 1. The van der Waals surface area contributed by atoms with E-state index in [1.54, 1.807) is 0 Å². The van der Waals surface area contributed by atoms with E-state index in [9.17, 15) is 0 Å². The van der Waals surface area contributed by atoms with Crippen molar-refractivity contribution in [3.8, 4) is 5.75 Å². The molecule has 1 aromatic carbocycles. The zero-order valence-electron chi connectivity index (χ0n) is 13.0. The predicted octanol–water partition coefficient (Wildman–Crippen LogP) is 4.36. The number of nitrogens with two attached hydrogens (primary N) is 1. The molecule has 0 saturated heterocycles. The van der Waals surface area contributed by atoms with Crippen LogP contribution in [0, 0.1) is 18.8 Å². The van der Waals surface area contributed by atoms with Gasteiger partial charge < -0.3 is 10.5 Å². The van der Waals surface area contributed by atoms with E-state index in [-0.39, 0.29) is 11.6 Å². The van der Waals surface area contributed by atoms with Gasteiger partial charge >= 0.3 is 0 Å². The molecular weight excluding hydrogens is 246 g/mol. The summed E-state index contributed by atoms with van der Waals surface area (Å²) in [7, 11) is 0. The normalized spacial score (nSPS) is 33.0. The van der Waals surface area contributed by atoms with E-state index in [1.165, 1.54) is 24.0 Å². The van der Waals surface area contributed by atoms with Gasteiger partial charge in [-0.3, -0.25) is 0 Å². The van der Waals surface area contributed by atoms with Crippen LogP contribution in [-0.2, 0) is 0 Å². The van der Waals surface area contributed by atoms with Gasteiger partial charge in [-0.2, -0.15) is 0 Å². The third-order valence-corrected chi connectivity index (χ3v) is 5.37. The van der Waals surface area contributed by atoms with E-state index in [0.29, 0.717) is 0 Å². The monoisotopic (exact) mass is 273 g/mol. The molecule has 2 nitrogen and oxygen atoms in total. The maximum Gasteiger partial charge on any atom is 0.124 e. The van der Waals surface area contributed by atoms with E-state index < -0.39 is 0 Å². The van der Waals surface area contributed by atoms with Crippen molar-refractivity contribution in [3.63, 3.8) is 0 Å². The lowest BCUT2D eigenvalue weighted by molar-refractivity contribution is -0.0160. The van der Waals surface area contributed by atoms with Crippen molar-refractivity contribution in [2.45, 2.75) is 64.5 Å². The van der Waals surface area contributed by atoms with Gasteiger partial charge in [-0.1, -0.05) is 31.5 Å². The number of hydrogen-bond acceptors (Lipinski definition) is 2. The summed E-state index contributed by atoms with van der Waals surface area (Å²) in [6.45, 7) is 6.80. The molecule has 2 N–H and O–H groups in total. The Balaban J connectivity index is 1.80. The highest BCUT2D eigenvalue weighted by atomic mass is 16.5. The molecular formula is C18H27NO. The van der Waals surface area contributed by atoms with Crippen LogP contribution in [0.4, 0.5) is 0 Å². The number of hydrogen-bond donors (Lipinski definition) is 1. The van der Waals surface area contributed by atoms with Crippen molar-refractivity contribution in [3.05, 3.63) is 29.3 Å². The van der Waals surface area contributed by atoms with Crippen LogP contribution in [-0.4, -0.2) is 5.60 Å². The summed E-state index contributed by atoms with van der Waals surface area (Å²) in [6, 6.07) is 6.56. The molecule has 0 unspecified atom stereocenters. The molecule has 1 atom stereocenters. The smallest absolute Gasteiger partial charge is 0.124 e. The topological polar surface area (TPSA) is 35.2 Å². The SMILES string of the molecule is Cc1ccc2c(c1)[C@H](N)CC1(CCC(C(C)C)CC1)O2. The van der Waals surface area contributed by atoms with Crippen LogP contribution in [0.5, 0.6) is 5.75 Å².